The molecule has 0 bridgehead atoms. The predicted octanol–water partition coefficient (Wildman–Crippen LogP) is 3.31. The number of nitrogens with zero attached hydrogens (tertiary/aromatic N) is 3. The second-order valence-corrected chi connectivity index (χ2v) is 6.23. The van der Waals surface area contributed by atoms with Crippen molar-refractivity contribution in [1.29, 1.82) is 0 Å². The van der Waals surface area contributed by atoms with Gasteiger partial charge < -0.3 is 10.1 Å². The number of hydrogen-bond acceptors (Lipinski definition) is 5. The van der Waals surface area contributed by atoms with E-state index in [1.165, 1.54) is 23.0 Å². The summed E-state index contributed by atoms with van der Waals surface area (Å²) < 4.78 is 7.23. The van der Waals surface area contributed by atoms with Gasteiger partial charge in [0, 0.05) is 11.8 Å². The summed E-state index contributed by atoms with van der Waals surface area (Å²) >= 11 is 0. The first kappa shape index (κ1) is 18.2. The van der Waals surface area contributed by atoms with Gasteiger partial charge in [0.15, 0.2) is 5.82 Å². The Balaban J connectivity index is 1.47. The molecule has 29 heavy (non-hydrogen) atoms. The number of rotatable bonds is 5. The van der Waals surface area contributed by atoms with E-state index in [-0.39, 0.29) is 11.5 Å². The number of aromatic nitrogens is 4. The molecule has 0 fully saturated rings. The summed E-state index contributed by atoms with van der Waals surface area (Å²) in [6.07, 6.45) is 1.46. The lowest BCUT2D eigenvalue weighted by Gasteiger charge is -2.08. The molecule has 2 aromatic heterocycles. The van der Waals surface area contributed by atoms with Crippen LogP contribution in [0.5, 0.6) is 11.5 Å². The lowest BCUT2D eigenvalue weighted by molar-refractivity contribution is 0.102. The molecule has 0 aliphatic rings. The van der Waals surface area contributed by atoms with Gasteiger partial charge >= 0.3 is 0 Å². The first-order valence-corrected chi connectivity index (χ1v) is 8.85. The number of H-pyrrole nitrogens is 1. The van der Waals surface area contributed by atoms with E-state index < -0.39 is 0 Å². The Hall–Kier alpha value is -4.20. The van der Waals surface area contributed by atoms with Crippen molar-refractivity contribution >= 4 is 11.6 Å². The number of amides is 1. The third kappa shape index (κ3) is 4.06. The summed E-state index contributed by atoms with van der Waals surface area (Å²) in [6.45, 7) is 1.76. The number of ether oxygens (including phenoxy) is 1. The first-order valence-electron chi connectivity index (χ1n) is 8.85. The van der Waals surface area contributed by atoms with Crippen molar-refractivity contribution in [3.05, 3.63) is 94.5 Å². The second-order valence-electron chi connectivity index (χ2n) is 6.23. The molecule has 0 aliphatic heterocycles. The van der Waals surface area contributed by atoms with Crippen LogP contribution in [-0.4, -0.2) is 25.9 Å². The van der Waals surface area contributed by atoms with Crippen LogP contribution in [0.1, 0.15) is 16.1 Å². The fourth-order valence-corrected chi connectivity index (χ4v) is 2.75. The quantitative estimate of drug-likeness (QED) is 0.547. The Kier molecular flexibility index (Phi) is 4.90. The summed E-state index contributed by atoms with van der Waals surface area (Å²) in [5.74, 6) is 1.53. The van der Waals surface area contributed by atoms with E-state index in [4.69, 9.17) is 4.74 Å². The van der Waals surface area contributed by atoms with Gasteiger partial charge in [-0.15, -0.1) is 0 Å². The largest absolute Gasteiger partial charge is 0.457 e. The molecule has 8 nitrogen and oxygen atoms in total. The Bertz CT molecular complexity index is 1180. The van der Waals surface area contributed by atoms with Crippen LogP contribution in [0.15, 0.2) is 77.7 Å². The van der Waals surface area contributed by atoms with Crippen molar-refractivity contribution in [2.45, 2.75) is 6.92 Å². The standard InChI is InChI=1S/C21H17N5O3/c1-14-18(13-22-26(14)19-11-12-20(27)25-24-19)21(28)23-15-7-9-17(10-8-15)29-16-5-3-2-4-6-16/h2-13H,1H3,(H,23,28)(H,25,27). The maximum atomic E-state index is 12.6. The van der Waals surface area contributed by atoms with E-state index in [0.29, 0.717) is 28.5 Å². The molecule has 0 unspecified atom stereocenters. The molecule has 4 aromatic rings. The van der Waals surface area contributed by atoms with Crippen LogP contribution < -0.4 is 15.6 Å². The maximum absolute atomic E-state index is 12.6. The van der Waals surface area contributed by atoms with Gasteiger partial charge in [0.25, 0.3) is 11.5 Å². The number of para-hydroxylation sites is 1. The molecule has 2 N–H and O–H groups in total. The molecular weight excluding hydrogens is 370 g/mol. The molecule has 8 heteroatoms. The van der Waals surface area contributed by atoms with Crippen LogP contribution in [-0.2, 0) is 0 Å². The highest BCUT2D eigenvalue weighted by Gasteiger charge is 2.16. The number of nitrogens with one attached hydrogen (secondary N) is 2. The number of anilines is 1. The van der Waals surface area contributed by atoms with Crippen LogP contribution in [0.4, 0.5) is 5.69 Å². The summed E-state index contributed by atoms with van der Waals surface area (Å²) in [5, 5.41) is 13.3. The molecule has 0 atom stereocenters. The molecule has 0 spiro atoms. The minimum atomic E-state index is -0.309. The highest BCUT2D eigenvalue weighted by Crippen LogP contribution is 2.23. The van der Waals surface area contributed by atoms with Gasteiger partial charge in [0.1, 0.15) is 11.5 Å². The number of benzene rings is 2. The Morgan fingerprint density at radius 3 is 2.41 bits per heavy atom. The molecular formula is C21H17N5O3. The third-order valence-electron chi connectivity index (χ3n) is 4.23. The van der Waals surface area contributed by atoms with Crippen molar-refractivity contribution in [1.82, 2.24) is 20.0 Å². The minimum Gasteiger partial charge on any atom is -0.457 e. The van der Waals surface area contributed by atoms with Crippen LogP contribution in [0.2, 0.25) is 0 Å². The summed E-state index contributed by atoms with van der Waals surface area (Å²) in [6, 6.07) is 19.4. The average Bonchev–Trinajstić information content (AvgIpc) is 3.12. The van der Waals surface area contributed by atoms with Crippen molar-refractivity contribution in [3.8, 4) is 17.3 Å². The minimum absolute atomic E-state index is 0.296. The van der Waals surface area contributed by atoms with Crippen molar-refractivity contribution in [2.75, 3.05) is 5.32 Å². The highest BCUT2D eigenvalue weighted by molar-refractivity contribution is 6.05. The van der Waals surface area contributed by atoms with E-state index >= 15 is 0 Å². The van der Waals surface area contributed by atoms with Crippen LogP contribution >= 0.6 is 0 Å². The first-order chi connectivity index (χ1) is 14.1. The molecule has 144 valence electrons. The SMILES string of the molecule is Cc1c(C(=O)Nc2ccc(Oc3ccccc3)cc2)cnn1-c1ccc(=O)[nH]n1. The van der Waals surface area contributed by atoms with Crippen LogP contribution in [0.3, 0.4) is 0 Å². The maximum Gasteiger partial charge on any atom is 0.264 e. The zero-order valence-electron chi connectivity index (χ0n) is 15.5. The lowest BCUT2D eigenvalue weighted by atomic mass is 10.2. The van der Waals surface area contributed by atoms with Gasteiger partial charge in [-0.05, 0) is 49.4 Å². The summed E-state index contributed by atoms with van der Waals surface area (Å²) in [7, 11) is 0. The van der Waals surface area contributed by atoms with Gasteiger partial charge in [0.05, 0.1) is 17.5 Å². The zero-order valence-corrected chi connectivity index (χ0v) is 15.5. The monoisotopic (exact) mass is 387 g/mol. The van der Waals surface area contributed by atoms with E-state index in [1.54, 1.807) is 31.2 Å². The van der Waals surface area contributed by atoms with E-state index in [1.807, 2.05) is 30.3 Å². The van der Waals surface area contributed by atoms with Gasteiger partial charge in [0.2, 0.25) is 0 Å². The fourth-order valence-electron chi connectivity index (χ4n) is 2.75. The van der Waals surface area contributed by atoms with Crippen molar-refractivity contribution in [2.24, 2.45) is 0 Å². The van der Waals surface area contributed by atoms with E-state index in [0.717, 1.165) is 5.75 Å². The zero-order chi connectivity index (χ0) is 20.2. The lowest BCUT2D eigenvalue weighted by Crippen LogP contribution is -2.14. The molecule has 0 radical (unpaired) electrons. The Labute approximate surface area is 165 Å². The van der Waals surface area contributed by atoms with Crippen molar-refractivity contribution < 1.29 is 9.53 Å². The van der Waals surface area contributed by atoms with E-state index in [2.05, 4.69) is 20.6 Å². The Morgan fingerprint density at radius 2 is 1.72 bits per heavy atom. The van der Waals surface area contributed by atoms with Crippen LogP contribution in [0, 0.1) is 6.92 Å². The second kappa shape index (κ2) is 7.81. The summed E-state index contributed by atoms with van der Waals surface area (Å²) in [5.41, 5.74) is 1.33. The smallest absolute Gasteiger partial charge is 0.264 e. The Morgan fingerprint density at radius 1 is 1.00 bits per heavy atom. The number of carbonyl (C=O) groups is 1. The highest BCUT2D eigenvalue weighted by atomic mass is 16.5. The average molecular weight is 387 g/mol. The molecule has 0 saturated heterocycles. The molecule has 2 aromatic carbocycles. The molecule has 2 heterocycles. The summed E-state index contributed by atoms with van der Waals surface area (Å²) in [4.78, 5) is 23.8. The van der Waals surface area contributed by atoms with Gasteiger partial charge in [-0.3, -0.25) is 9.59 Å². The van der Waals surface area contributed by atoms with Gasteiger partial charge in [-0.1, -0.05) is 18.2 Å². The number of aromatic amines is 1. The van der Waals surface area contributed by atoms with Crippen molar-refractivity contribution in [3.63, 3.8) is 0 Å². The molecule has 1 amide bonds. The van der Waals surface area contributed by atoms with Gasteiger partial charge in [-0.2, -0.15) is 10.2 Å². The van der Waals surface area contributed by atoms with E-state index in [9.17, 15) is 9.59 Å². The third-order valence-corrected chi connectivity index (χ3v) is 4.23. The van der Waals surface area contributed by atoms with Crippen LogP contribution in [0.25, 0.3) is 5.82 Å². The fraction of sp³-hybridized carbons (Fsp3) is 0.0476. The normalized spacial score (nSPS) is 10.5. The number of hydrogen-bond donors (Lipinski definition) is 2. The van der Waals surface area contributed by atoms with Gasteiger partial charge in [-0.25, -0.2) is 9.78 Å². The number of carbonyl (C=O) groups excluding carboxylic acids is 1. The molecule has 4 rings (SSSR count). The molecule has 0 saturated carbocycles. The topological polar surface area (TPSA) is 102 Å². The predicted molar refractivity (Wildman–Crippen MR) is 108 cm³/mol. The molecule has 0 aliphatic carbocycles.